The van der Waals surface area contributed by atoms with E-state index in [0.717, 1.165) is 16.7 Å². The highest BCUT2D eigenvalue weighted by Gasteiger charge is 2.28. The number of nitrogens with one attached hydrogen (secondary N) is 6. The first kappa shape index (κ1) is 59.6. The molecule has 4 atom stereocenters. The van der Waals surface area contributed by atoms with Crippen molar-refractivity contribution in [3.05, 3.63) is 117 Å². The van der Waals surface area contributed by atoms with Crippen LogP contribution in [0, 0.1) is 0 Å². The standard InChI is InChI=1S/C50H65ClN10O12/c51-37-19-12-18-36(30-37)33-61(29-11-9-20-38(48(69)70)58-50(73)59-39(49(71)72)22-25-45(65)66)44(64)21-8-3-10-26-53-42(62)23-24-43(63)56-41(32-35-16-6-2-7-17-35)47(68)57-40(31-34-14-4-1-5-15-34)46(67)54-27-13-28-55-60-52/h1-2,4-7,12,14-19,30,38-41H,3,8-11,13,20-29,31-33H2,(H,53,62)(H,54,67)(H,56,63)(H,57,68)(H,65,66)(H,69,70)(H,71,72)(H2,58,59,73)/t38-,39-,40-,41-/m0/s1. The van der Waals surface area contributed by atoms with Gasteiger partial charge in [-0.15, -0.1) is 0 Å². The van der Waals surface area contributed by atoms with Gasteiger partial charge in [0.1, 0.15) is 24.2 Å². The summed E-state index contributed by atoms with van der Waals surface area (Å²) in [5, 5.41) is 47.2. The fourth-order valence-corrected chi connectivity index (χ4v) is 7.62. The van der Waals surface area contributed by atoms with E-state index in [0.29, 0.717) is 37.1 Å². The van der Waals surface area contributed by atoms with Crippen LogP contribution in [0.1, 0.15) is 93.7 Å². The zero-order valence-electron chi connectivity index (χ0n) is 40.5. The highest BCUT2D eigenvalue weighted by molar-refractivity contribution is 6.30. The Morgan fingerprint density at radius 1 is 0.575 bits per heavy atom. The van der Waals surface area contributed by atoms with Crippen molar-refractivity contribution in [3.8, 4) is 0 Å². The number of benzene rings is 3. The molecule has 0 aliphatic carbocycles. The summed E-state index contributed by atoms with van der Waals surface area (Å²) < 4.78 is 0. The van der Waals surface area contributed by atoms with Crippen LogP contribution in [0.15, 0.2) is 90.0 Å². The Balaban J connectivity index is 1.48. The molecule has 0 aliphatic rings. The van der Waals surface area contributed by atoms with Crippen LogP contribution in [-0.4, -0.2) is 124 Å². The highest BCUT2D eigenvalue weighted by atomic mass is 35.5. The van der Waals surface area contributed by atoms with E-state index in [1.807, 2.05) is 42.5 Å². The fraction of sp³-hybridized carbons (Fsp3) is 0.460. The van der Waals surface area contributed by atoms with Crippen molar-refractivity contribution in [2.24, 2.45) is 5.11 Å². The lowest BCUT2D eigenvalue weighted by Crippen LogP contribution is -2.55. The quantitative estimate of drug-likeness (QED) is 0.0168. The Morgan fingerprint density at radius 3 is 1.77 bits per heavy atom. The Labute approximate surface area is 428 Å². The molecule has 73 heavy (non-hydrogen) atoms. The molecule has 3 aromatic rings. The lowest BCUT2D eigenvalue weighted by Gasteiger charge is -2.24. The van der Waals surface area contributed by atoms with Gasteiger partial charge in [0, 0.05) is 81.2 Å². The first-order chi connectivity index (χ1) is 35.0. The topological polar surface area (TPSA) is 338 Å². The summed E-state index contributed by atoms with van der Waals surface area (Å²) in [6, 6.07) is 19.0. The van der Waals surface area contributed by atoms with Crippen molar-refractivity contribution in [2.45, 2.75) is 121 Å². The minimum Gasteiger partial charge on any atom is -0.481 e. The number of hydrogen-bond donors (Lipinski definition) is 9. The molecule has 0 radical (unpaired) electrons. The van der Waals surface area contributed by atoms with Crippen LogP contribution in [0.25, 0.3) is 10.4 Å². The van der Waals surface area contributed by atoms with E-state index >= 15 is 0 Å². The van der Waals surface area contributed by atoms with Gasteiger partial charge in [-0.1, -0.05) is 95.9 Å². The minimum atomic E-state index is -1.54. The van der Waals surface area contributed by atoms with Gasteiger partial charge in [-0.2, -0.15) is 0 Å². The first-order valence-electron chi connectivity index (χ1n) is 24.0. The molecule has 7 amide bonds. The largest absolute Gasteiger partial charge is 0.481 e. The van der Waals surface area contributed by atoms with Gasteiger partial charge in [-0.3, -0.25) is 28.8 Å². The monoisotopic (exact) mass is 1030 g/mol. The zero-order valence-corrected chi connectivity index (χ0v) is 41.3. The van der Waals surface area contributed by atoms with Crippen LogP contribution in [0.2, 0.25) is 5.02 Å². The van der Waals surface area contributed by atoms with Gasteiger partial charge >= 0.3 is 23.9 Å². The van der Waals surface area contributed by atoms with Gasteiger partial charge in [0.15, 0.2) is 0 Å². The van der Waals surface area contributed by atoms with Gasteiger partial charge in [-0.05, 0) is 79.3 Å². The number of halogens is 1. The van der Waals surface area contributed by atoms with E-state index < -0.39 is 78.7 Å². The van der Waals surface area contributed by atoms with E-state index in [1.54, 1.807) is 47.4 Å². The van der Waals surface area contributed by atoms with Crippen molar-refractivity contribution in [2.75, 3.05) is 26.2 Å². The van der Waals surface area contributed by atoms with E-state index in [1.165, 1.54) is 0 Å². The van der Waals surface area contributed by atoms with Crippen molar-refractivity contribution in [1.82, 2.24) is 36.8 Å². The van der Waals surface area contributed by atoms with Crippen molar-refractivity contribution in [1.29, 1.82) is 0 Å². The third kappa shape index (κ3) is 25.3. The van der Waals surface area contributed by atoms with Gasteiger partial charge in [0.05, 0.1) is 0 Å². The number of urea groups is 1. The van der Waals surface area contributed by atoms with E-state index in [2.05, 4.69) is 41.9 Å². The highest BCUT2D eigenvalue weighted by Crippen LogP contribution is 2.16. The molecule has 0 spiro atoms. The Morgan fingerprint density at radius 2 is 1.16 bits per heavy atom. The molecular weight excluding hydrogens is 968 g/mol. The predicted octanol–water partition coefficient (Wildman–Crippen LogP) is 4.64. The van der Waals surface area contributed by atoms with Crippen LogP contribution in [0.5, 0.6) is 0 Å². The van der Waals surface area contributed by atoms with Gasteiger partial charge in [0.25, 0.3) is 0 Å². The van der Waals surface area contributed by atoms with Crippen LogP contribution >= 0.6 is 11.6 Å². The lowest BCUT2D eigenvalue weighted by atomic mass is 10.0. The zero-order chi connectivity index (χ0) is 53.4. The summed E-state index contributed by atoms with van der Waals surface area (Å²) in [6.07, 6.45) is 1.75. The summed E-state index contributed by atoms with van der Waals surface area (Å²) in [4.78, 5) is 118. The Bertz CT molecular complexity index is 2340. The SMILES string of the molecule is [N-]=[N+]=NCCCNC(=O)[C@H](Cc1ccccc1)NC(=O)[C@H](Cc1ccccc1)NC(=O)CCC(=O)NCCCCCC(=O)N(CCCC[C@H](NC(=O)N[C@@H](CCC(=O)O)C(=O)O)C(=O)O)Cc1cccc(Cl)c1. The molecule has 0 heterocycles. The van der Waals surface area contributed by atoms with Crippen LogP contribution in [0.3, 0.4) is 0 Å². The lowest BCUT2D eigenvalue weighted by molar-refractivity contribution is -0.141. The molecule has 22 nitrogen and oxygen atoms in total. The average Bonchev–Trinajstić information content (AvgIpc) is 3.35. The summed E-state index contributed by atoms with van der Waals surface area (Å²) in [5.74, 6) is -6.24. The number of carboxylic acids is 3. The summed E-state index contributed by atoms with van der Waals surface area (Å²) in [7, 11) is 0. The predicted molar refractivity (Wildman–Crippen MR) is 269 cm³/mol. The maximum Gasteiger partial charge on any atom is 0.326 e. The summed E-state index contributed by atoms with van der Waals surface area (Å²) >= 11 is 6.19. The second-order valence-electron chi connectivity index (χ2n) is 17.1. The first-order valence-corrected chi connectivity index (χ1v) is 24.4. The fourth-order valence-electron chi connectivity index (χ4n) is 7.41. The number of rotatable bonds is 35. The molecule has 9 N–H and O–H groups in total. The second kappa shape index (κ2) is 33.8. The number of amides is 7. The molecule has 0 aliphatic heterocycles. The maximum absolute atomic E-state index is 13.8. The number of nitrogens with zero attached hydrogens (tertiary/aromatic N) is 4. The van der Waals surface area contributed by atoms with Crippen LogP contribution in [-0.2, 0) is 57.7 Å². The number of carbonyl (C=O) groups excluding carboxylic acids is 6. The number of azide groups is 1. The van der Waals surface area contributed by atoms with Crippen LogP contribution in [0.4, 0.5) is 4.79 Å². The molecule has 0 aromatic heterocycles. The molecular formula is C50H65ClN10O12. The normalized spacial score (nSPS) is 12.3. The van der Waals surface area contributed by atoms with E-state index in [4.69, 9.17) is 22.2 Å². The number of carboxylic acid groups (broad SMARTS) is 3. The summed E-state index contributed by atoms with van der Waals surface area (Å²) in [5.41, 5.74) is 10.9. The van der Waals surface area contributed by atoms with E-state index in [9.17, 15) is 53.4 Å². The number of aliphatic carboxylic acids is 3. The molecule has 0 bridgehead atoms. The molecule has 394 valence electrons. The third-order valence-corrected chi connectivity index (χ3v) is 11.5. The Kier molecular flexibility index (Phi) is 27.6. The molecule has 0 saturated heterocycles. The molecule has 23 heteroatoms. The van der Waals surface area contributed by atoms with E-state index in [-0.39, 0.29) is 89.5 Å². The maximum atomic E-state index is 13.8. The number of unbranched alkanes of at least 4 members (excludes halogenated alkanes) is 3. The van der Waals surface area contributed by atoms with Crippen molar-refractivity contribution >= 4 is 65.1 Å². The van der Waals surface area contributed by atoms with Crippen LogP contribution < -0.4 is 31.9 Å². The second-order valence-corrected chi connectivity index (χ2v) is 17.5. The average molecular weight is 1030 g/mol. The molecule has 3 rings (SSSR count). The van der Waals surface area contributed by atoms with Crippen molar-refractivity contribution < 1.29 is 58.5 Å². The minimum absolute atomic E-state index is 0.0427. The third-order valence-electron chi connectivity index (χ3n) is 11.3. The molecule has 3 aromatic carbocycles. The Hall–Kier alpha value is -7.71. The van der Waals surface area contributed by atoms with Gasteiger partial charge in [0.2, 0.25) is 29.5 Å². The number of hydrogen-bond acceptors (Lipinski definition) is 10. The molecule has 0 fully saturated rings. The summed E-state index contributed by atoms with van der Waals surface area (Å²) in [6.45, 7) is 1.16. The molecule has 0 unspecified atom stereocenters. The van der Waals surface area contributed by atoms with Gasteiger partial charge < -0.3 is 52.1 Å². The number of carbonyl (C=O) groups is 9. The van der Waals surface area contributed by atoms with Gasteiger partial charge in [-0.25, -0.2) is 14.4 Å². The van der Waals surface area contributed by atoms with Crippen molar-refractivity contribution in [3.63, 3.8) is 0 Å². The molecule has 0 saturated carbocycles. The smallest absolute Gasteiger partial charge is 0.326 e.